The van der Waals surface area contributed by atoms with Gasteiger partial charge in [-0.05, 0) is 6.92 Å². The number of phosphoric acid groups is 1. The second kappa shape index (κ2) is 5.93. The van der Waals surface area contributed by atoms with Crippen LogP contribution in [-0.4, -0.2) is 35.5 Å². The molecule has 0 spiro atoms. The van der Waals surface area contributed by atoms with Gasteiger partial charge in [0.05, 0.1) is 6.61 Å². The average molecular weight is 212 g/mol. The number of hydrogen-bond acceptors (Lipinski definition) is 3. The van der Waals surface area contributed by atoms with E-state index in [2.05, 4.69) is 15.2 Å². The summed E-state index contributed by atoms with van der Waals surface area (Å²) in [7, 11) is -4.41. The van der Waals surface area contributed by atoms with E-state index in [-0.39, 0.29) is 13.2 Å². The molecule has 4 N–H and O–H groups in total. The van der Waals surface area contributed by atoms with Gasteiger partial charge in [-0.15, -0.1) is 0 Å². The molecule has 0 aliphatic carbocycles. The topological polar surface area (TPSA) is 108 Å². The summed E-state index contributed by atoms with van der Waals surface area (Å²) in [4.78, 5) is 27.2. The first-order valence-corrected chi connectivity index (χ1v) is 5.20. The van der Waals surface area contributed by atoms with Crippen molar-refractivity contribution in [3.05, 3.63) is 0 Å². The number of phosphoric ester groups is 1. The fourth-order valence-electron chi connectivity index (χ4n) is 0.552. The van der Waals surface area contributed by atoms with Gasteiger partial charge in [0.1, 0.15) is 0 Å². The van der Waals surface area contributed by atoms with Crippen molar-refractivity contribution in [2.45, 2.75) is 6.92 Å². The van der Waals surface area contributed by atoms with E-state index in [1.54, 1.807) is 6.92 Å². The lowest BCUT2D eigenvalue weighted by Crippen LogP contribution is -2.36. The third-order valence-electron chi connectivity index (χ3n) is 0.984. The minimum Gasteiger partial charge on any atom is -0.338 e. The summed E-state index contributed by atoms with van der Waals surface area (Å²) in [5.41, 5.74) is 0. The maximum absolute atomic E-state index is 10.7. The van der Waals surface area contributed by atoms with Gasteiger partial charge in [-0.1, -0.05) is 0 Å². The van der Waals surface area contributed by atoms with Crippen molar-refractivity contribution >= 4 is 13.9 Å². The van der Waals surface area contributed by atoms with Gasteiger partial charge >= 0.3 is 13.9 Å². The van der Waals surface area contributed by atoms with Crippen molar-refractivity contribution in [3.8, 4) is 0 Å². The summed E-state index contributed by atoms with van der Waals surface area (Å²) in [6.45, 7) is 2.08. The standard InChI is InChI=1S/C5H13N2O5P/c1-2-6-5(8)7-3-4-12-13(9,10)11/h2-4H2,1H3,(H2,6,7,8)(H2,9,10,11). The SMILES string of the molecule is CCNC(=O)NCCOP(=O)(O)O. The monoisotopic (exact) mass is 212 g/mol. The van der Waals surface area contributed by atoms with Gasteiger partial charge in [0.15, 0.2) is 0 Å². The van der Waals surface area contributed by atoms with Crippen LogP contribution in [0, 0.1) is 0 Å². The van der Waals surface area contributed by atoms with Crippen molar-refractivity contribution in [1.82, 2.24) is 10.6 Å². The summed E-state index contributed by atoms with van der Waals surface area (Å²) in [6.07, 6.45) is 0. The van der Waals surface area contributed by atoms with Crippen LogP contribution in [-0.2, 0) is 9.09 Å². The smallest absolute Gasteiger partial charge is 0.338 e. The third kappa shape index (κ3) is 9.29. The Morgan fingerprint density at radius 3 is 2.54 bits per heavy atom. The zero-order valence-electron chi connectivity index (χ0n) is 7.19. The molecule has 0 aliphatic heterocycles. The van der Waals surface area contributed by atoms with Crippen molar-refractivity contribution in [3.63, 3.8) is 0 Å². The first-order valence-electron chi connectivity index (χ1n) is 3.67. The molecule has 0 atom stereocenters. The molecule has 7 nitrogen and oxygen atoms in total. The molecule has 0 saturated heterocycles. The molecule has 0 heterocycles. The Morgan fingerprint density at radius 2 is 2.08 bits per heavy atom. The molecule has 0 unspecified atom stereocenters. The first kappa shape index (κ1) is 12.4. The molecule has 0 aromatic rings. The Bertz CT molecular complexity index is 203. The molecule has 0 bridgehead atoms. The molecule has 0 aromatic heterocycles. The van der Waals surface area contributed by atoms with Gasteiger partial charge < -0.3 is 20.4 Å². The number of hydrogen-bond donors (Lipinski definition) is 4. The van der Waals surface area contributed by atoms with E-state index in [0.717, 1.165) is 0 Å². The second-order valence-corrected chi connectivity index (χ2v) is 3.35. The Labute approximate surface area is 75.7 Å². The zero-order chi connectivity index (χ0) is 10.3. The molecule has 0 radical (unpaired) electrons. The molecule has 8 heteroatoms. The van der Waals surface area contributed by atoms with Crippen LogP contribution in [0.4, 0.5) is 4.79 Å². The predicted molar refractivity (Wildman–Crippen MR) is 45.1 cm³/mol. The van der Waals surface area contributed by atoms with E-state index < -0.39 is 13.9 Å². The van der Waals surface area contributed by atoms with Crippen LogP contribution < -0.4 is 10.6 Å². The number of rotatable bonds is 5. The number of urea groups is 1. The van der Waals surface area contributed by atoms with Crippen LogP contribution in [0.25, 0.3) is 0 Å². The van der Waals surface area contributed by atoms with Crippen molar-refractivity contribution in [2.24, 2.45) is 0 Å². The lowest BCUT2D eigenvalue weighted by atomic mass is 10.6. The molecule has 13 heavy (non-hydrogen) atoms. The summed E-state index contributed by atoms with van der Waals surface area (Å²) in [6, 6.07) is -0.392. The number of amides is 2. The maximum Gasteiger partial charge on any atom is 0.469 e. The summed E-state index contributed by atoms with van der Waals surface area (Å²) in [5.74, 6) is 0. The van der Waals surface area contributed by atoms with Crippen LogP contribution in [0.5, 0.6) is 0 Å². The number of nitrogens with one attached hydrogen (secondary N) is 2. The van der Waals surface area contributed by atoms with Gasteiger partial charge in [0.2, 0.25) is 0 Å². The fraction of sp³-hybridized carbons (Fsp3) is 0.800. The van der Waals surface area contributed by atoms with Gasteiger partial charge in [-0.3, -0.25) is 4.52 Å². The van der Waals surface area contributed by atoms with Crippen LogP contribution in [0.3, 0.4) is 0 Å². The van der Waals surface area contributed by atoms with E-state index in [0.29, 0.717) is 6.54 Å². The van der Waals surface area contributed by atoms with Crippen molar-refractivity contribution in [1.29, 1.82) is 0 Å². The second-order valence-electron chi connectivity index (χ2n) is 2.11. The molecule has 0 aliphatic rings. The van der Waals surface area contributed by atoms with E-state index in [4.69, 9.17) is 9.79 Å². The Kier molecular flexibility index (Phi) is 5.65. The number of carbonyl (C=O) groups excluding carboxylic acids is 1. The van der Waals surface area contributed by atoms with Crippen LogP contribution >= 0.6 is 7.82 Å². The molecular weight excluding hydrogens is 199 g/mol. The van der Waals surface area contributed by atoms with Gasteiger partial charge in [0, 0.05) is 13.1 Å². The minimum atomic E-state index is -4.41. The molecular formula is C5H13N2O5P. The van der Waals surface area contributed by atoms with E-state index in [1.807, 2.05) is 0 Å². The Balaban J connectivity index is 3.36. The highest BCUT2D eigenvalue weighted by molar-refractivity contribution is 7.46. The predicted octanol–water partition coefficient (Wildman–Crippen LogP) is -0.585. The first-order chi connectivity index (χ1) is 5.95. The average Bonchev–Trinajstić information content (AvgIpc) is 1.97. The summed E-state index contributed by atoms with van der Waals surface area (Å²) in [5, 5.41) is 4.78. The highest BCUT2D eigenvalue weighted by Gasteiger charge is 2.12. The highest BCUT2D eigenvalue weighted by Crippen LogP contribution is 2.34. The molecule has 2 amide bonds. The Hall–Kier alpha value is -0.620. The van der Waals surface area contributed by atoms with Crippen molar-refractivity contribution in [2.75, 3.05) is 19.7 Å². The zero-order valence-corrected chi connectivity index (χ0v) is 8.08. The van der Waals surface area contributed by atoms with E-state index in [9.17, 15) is 9.36 Å². The third-order valence-corrected chi connectivity index (χ3v) is 1.50. The number of carbonyl (C=O) groups is 1. The molecule has 0 saturated carbocycles. The van der Waals surface area contributed by atoms with E-state index >= 15 is 0 Å². The molecule has 78 valence electrons. The maximum atomic E-state index is 10.7. The molecule has 0 rings (SSSR count). The van der Waals surface area contributed by atoms with Crippen molar-refractivity contribution < 1.29 is 23.7 Å². The van der Waals surface area contributed by atoms with Crippen LogP contribution in [0.2, 0.25) is 0 Å². The Morgan fingerprint density at radius 1 is 1.46 bits per heavy atom. The van der Waals surface area contributed by atoms with Crippen LogP contribution in [0.1, 0.15) is 6.92 Å². The normalized spacial score (nSPS) is 11.0. The lowest BCUT2D eigenvalue weighted by molar-refractivity contribution is 0.195. The largest absolute Gasteiger partial charge is 0.469 e. The lowest BCUT2D eigenvalue weighted by Gasteiger charge is -2.06. The quantitative estimate of drug-likeness (QED) is 0.360. The highest BCUT2D eigenvalue weighted by atomic mass is 31.2. The summed E-state index contributed by atoms with van der Waals surface area (Å²) < 4.78 is 14.2. The van der Waals surface area contributed by atoms with Gasteiger partial charge in [-0.2, -0.15) is 0 Å². The molecule has 0 aromatic carbocycles. The summed E-state index contributed by atoms with van der Waals surface area (Å²) >= 11 is 0. The minimum absolute atomic E-state index is 0.0525. The van der Waals surface area contributed by atoms with Gasteiger partial charge in [0.25, 0.3) is 0 Å². The molecule has 0 fully saturated rings. The van der Waals surface area contributed by atoms with Gasteiger partial charge in [-0.25, -0.2) is 9.36 Å². The van der Waals surface area contributed by atoms with E-state index in [1.165, 1.54) is 0 Å². The fourth-order valence-corrected chi connectivity index (χ4v) is 0.881. The van der Waals surface area contributed by atoms with Crippen LogP contribution in [0.15, 0.2) is 0 Å².